The van der Waals surface area contributed by atoms with Crippen LogP contribution in [0.5, 0.6) is 0 Å². The van der Waals surface area contributed by atoms with Crippen LogP contribution >= 0.6 is 15.6 Å². The first kappa shape index (κ1) is 95.1. The molecule has 0 aromatic rings. The molecule has 17 nitrogen and oxygen atoms in total. The van der Waals surface area contributed by atoms with Crippen LogP contribution < -0.4 is 0 Å². The van der Waals surface area contributed by atoms with Gasteiger partial charge in [0.1, 0.15) is 19.3 Å². The van der Waals surface area contributed by atoms with Crippen LogP contribution in [-0.2, 0) is 65.4 Å². The molecule has 0 aromatic heterocycles. The van der Waals surface area contributed by atoms with Crippen molar-refractivity contribution < 1.29 is 80.2 Å². The Hall–Kier alpha value is -1.94. The van der Waals surface area contributed by atoms with Crippen molar-refractivity contribution in [2.24, 2.45) is 11.8 Å². The van der Waals surface area contributed by atoms with Gasteiger partial charge in [-0.15, -0.1) is 0 Å². The van der Waals surface area contributed by atoms with Crippen molar-refractivity contribution in [3.63, 3.8) is 0 Å². The third-order valence-electron chi connectivity index (χ3n) is 18.2. The monoisotopic (exact) mass is 1420 g/mol. The molecule has 0 heterocycles. The van der Waals surface area contributed by atoms with Gasteiger partial charge in [-0.2, -0.15) is 0 Å². The van der Waals surface area contributed by atoms with Crippen LogP contribution in [0.3, 0.4) is 0 Å². The van der Waals surface area contributed by atoms with E-state index in [1.54, 1.807) is 0 Å². The third kappa shape index (κ3) is 72.2. The Labute approximate surface area is 594 Å². The lowest BCUT2D eigenvalue weighted by molar-refractivity contribution is -0.161. The summed E-state index contributed by atoms with van der Waals surface area (Å²) in [6, 6.07) is 0. The maximum atomic E-state index is 13.1. The number of hydrogen-bond donors (Lipinski definition) is 3. The van der Waals surface area contributed by atoms with Gasteiger partial charge in [-0.25, -0.2) is 9.13 Å². The molecule has 0 radical (unpaired) electrons. The standard InChI is InChI=1S/C78H152O17P2/c1-7-9-11-13-15-17-19-24-32-38-44-50-56-62-77(82)94-73(66-88-75(80)60-54-48-42-36-18-16-14-12-10-8-2)68-92-96(84,85)90-64-72(79)65-91-97(86,87)93-69-74(67-89-76(81)61-55-49-43-37-31-28-23-26-30-35-41-47-53-59-71(5)6)95-78(83)63-57-51-45-39-33-27-22-20-21-25-29-34-40-46-52-58-70(3)4/h70-74,79H,7-69H2,1-6H3,(H,84,85)(H,86,87)/t72-,73+,74+/m0/s1. The van der Waals surface area contributed by atoms with Crippen molar-refractivity contribution in [1.82, 2.24) is 0 Å². The number of phosphoric acid groups is 2. The lowest BCUT2D eigenvalue weighted by atomic mass is 10.0. The van der Waals surface area contributed by atoms with E-state index in [-0.39, 0.29) is 25.7 Å². The average Bonchev–Trinajstić information content (AvgIpc) is 1.03. The van der Waals surface area contributed by atoms with Crippen LogP contribution in [0.4, 0.5) is 0 Å². The van der Waals surface area contributed by atoms with Crippen LogP contribution in [0.25, 0.3) is 0 Å². The average molecular weight is 1420 g/mol. The molecule has 5 atom stereocenters. The van der Waals surface area contributed by atoms with E-state index in [0.29, 0.717) is 25.7 Å². The molecule has 0 saturated heterocycles. The summed E-state index contributed by atoms with van der Waals surface area (Å²) in [6.45, 7) is 9.66. The summed E-state index contributed by atoms with van der Waals surface area (Å²) in [4.78, 5) is 72.9. The maximum absolute atomic E-state index is 13.1. The molecule has 0 aliphatic carbocycles. The molecule has 0 aromatic carbocycles. The van der Waals surface area contributed by atoms with Crippen LogP contribution in [0, 0.1) is 11.8 Å². The fourth-order valence-corrected chi connectivity index (χ4v) is 13.6. The van der Waals surface area contributed by atoms with E-state index in [2.05, 4.69) is 41.5 Å². The minimum atomic E-state index is -4.96. The number of ether oxygens (including phenoxy) is 4. The zero-order valence-electron chi connectivity index (χ0n) is 63.4. The molecule has 0 spiro atoms. The molecule has 19 heteroatoms. The third-order valence-corrected chi connectivity index (χ3v) is 20.1. The van der Waals surface area contributed by atoms with Crippen LogP contribution in [0.2, 0.25) is 0 Å². The zero-order valence-corrected chi connectivity index (χ0v) is 65.2. The molecule has 97 heavy (non-hydrogen) atoms. The van der Waals surface area contributed by atoms with E-state index in [1.807, 2.05) is 0 Å². The highest BCUT2D eigenvalue weighted by molar-refractivity contribution is 7.47. The van der Waals surface area contributed by atoms with Gasteiger partial charge in [-0.3, -0.25) is 37.3 Å². The molecule has 0 rings (SSSR count). The summed E-state index contributed by atoms with van der Waals surface area (Å²) in [5, 5.41) is 10.6. The quantitative estimate of drug-likeness (QED) is 0.0222. The summed E-state index contributed by atoms with van der Waals surface area (Å²) in [6.07, 6.45) is 58.1. The number of unbranched alkanes of at least 4 members (excludes halogenated alkanes) is 47. The van der Waals surface area contributed by atoms with Gasteiger partial charge in [0, 0.05) is 25.7 Å². The molecule has 0 saturated carbocycles. The lowest BCUT2D eigenvalue weighted by Crippen LogP contribution is -2.30. The summed E-state index contributed by atoms with van der Waals surface area (Å²) in [5.41, 5.74) is 0. The molecule has 0 fully saturated rings. The molecule has 2 unspecified atom stereocenters. The molecule has 0 aliphatic heterocycles. The van der Waals surface area contributed by atoms with Gasteiger partial charge in [0.05, 0.1) is 26.4 Å². The Morgan fingerprint density at radius 1 is 0.278 bits per heavy atom. The summed E-state index contributed by atoms with van der Waals surface area (Å²) in [5.74, 6) is -0.517. The predicted octanol–water partition coefficient (Wildman–Crippen LogP) is 23.1. The van der Waals surface area contributed by atoms with E-state index in [9.17, 15) is 43.2 Å². The fourth-order valence-electron chi connectivity index (χ4n) is 12.0. The Morgan fingerprint density at radius 2 is 0.474 bits per heavy atom. The highest BCUT2D eigenvalue weighted by Crippen LogP contribution is 2.45. The van der Waals surface area contributed by atoms with Gasteiger partial charge in [0.15, 0.2) is 12.2 Å². The highest BCUT2D eigenvalue weighted by atomic mass is 31.2. The van der Waals surface area contributed by atoms with Crippen molar-refractivity contribution in [3.05, 3.63) is 0 Å². The fraction of sp³-hybridized carbons (Fsp3) is 0.949. The highest BCUT2D eigenvalue weighted by Gasteiger charge is 2.30. The topological polar surface area (TPSA) is 237 Å². The Kier molecular flexibility index (Phi) is 68.4. The van der Waals surface area contributed by atoms with Crippen molar-refractivity contribution in [2.45, 2.75) is 426 Å². The molecular formula is C78H152O17P2. The van der Waals surface area contributed by atoms with E-state index in [4.69, 9.17) is 37.0 Å². The predicted molar refractivity (Wildman–Crippen MR) is 395 cm³/mol. The van der Waals surface area contributed by atoms with Crippen LogP contribution in [0.1, 0.15) is 408 Å². The van der Waals surface area contributed by atoms with Crippen LogP contribution in [0.15, 0.2) is 0 Å². The summed E-state index contributed by atoms with van der Waals surface area (Å²) in [7, 11) is -9.91. The van der Waals surface area contributed by atoms with Gasteiger partial charge < -0.3 is 33.8 Å². The molecule has 3 N–H and O–H groups in total. The summed E-state index contributed by atoms with van der Waals surface area (Å²) >= 11 is 0. The maximum Gasteiger partial charge on any atom is 0.472 e. The lowest BCUT2D eigenvalue weighted by Gasteiger charge is -2.21. The Balaban J connectivity index is 5.24. The van der Waals surface area contributed by atoms with E-state index in [1.165, 1.54) is 225 Å². The van der Waals surface area contributed by atoms with E-state index >= 15 is 0 Å². The zero-order chi connectivity index (χ0) is 71.4. The minimum Gasteiger partial charge on any atom is -0.462 e. The molecule has 0 aliphatic rings. The number of rotatable bonds is 77. The first-order valence-corrected chi connectivity index (χ1v) is 43.5. The van der Waals surface area contributed by atoms with Crippen LogP contribution in [-0.4, -0.2) is 96.7 Å². The molecular weight excluding hydrogens is 1270 g/mol. The van der Waals surface area contributed by atoms with Gasteiger partial charge in [0.2, 0.25) is 0 Å². The van der Waals surface area contributed by atoms with Gasteiger partial charge in [-0.1, -0.05) is 356 Å². The smallest absolute Gasteiger partial charge is 0.462 e. The van der Waals surface area contributed by atoms with Crippen molar-refractivity contribution in [2.75, 3.05) is 39.6 Å². The van der Waals surface area contributed by atoms with Gasteiger partial charge in [-0.05, 0) is 37.5 Å². The second-order valence-electron chi connectivity index (χ2n) is 29.1. The minimum absolute atomic E-state index is 0.108. The molecule has 0 amide bonds. The Bertz CT molecular complexity index is 1870. The second-order valence-corrected chi connectivity index (χ2v) is 32.0. The first-order valence-electron chi connectivity index (χ1n) is 40.5. The largest absolute Gasteiger partial charge is 0.472 e. The number of phosphoric ester groups is 2. The number of aliphatic hydroxyl groups excluding tert-OH is 1. The normalized spacial score (nSPS) is 14.0. The number of esters is 4. The Morgan fingerprint density at radius 3 is 0.701 bits per heavy atom. The number of carbonyl (C=O) groups excluding carboxylic acids is 4. The SMILES string of the molecule is CCCCCCCCCCCCCCCC(=O)O[C@H](COC(=O)CCCCCCCCCCCC)COP(=O)(O)OC[C@H](O)COP(=O)(O)OC[C@@H](COC(=O)CCCCCCCCCCCCCCCC(C)C)OC(=O)CCCCCCCCCCCCCCCCCC(C)C. The number of hydrogen-bond acceptors (Lipinski definition) is 15. The van der Waals surface area contributed by atoms with Gasteiger partial charge >= 0.3 is 39.5 Å². The molecule has 576 valence electrons. The molecule has 0 bridgehead atoms. The summed E-state index contributed by atoms with van der Waals surface area (Å²) < 4.78 is 68.6. The number of carbonyl (C=O) groups is 4. The number of aliphatic hydroxyl groups is 1. The van der Waals surface area contributed by atoms with Crippen molar-refractivity contribution in [1.29, 1.82) is 0 Å². The van der Waals surface area contributed by atoms with Crippen molar-refractivity contribution >= 4 is 39.5 Å². The first-order chi connectivity index (χ1) is 46.9. The van der Waals surface area contributed by atoms with E-state index < -0.39 is 97.5 Å². The van der Waals surface area contributed by atoms with E-state index in [0.717, 1.165) is 102 Å². The van der Waals surface area contributed by atoms with Gasteiger partial charge in [0.25, 0.3) is 0 Å². The van der Waals surface area contributed by atoms with Crippen molar-refractivity contribution in [3.8, 4) is 0 Å². The second kappa shape index (κ2) is 69.8.